The fourth-order valence-corrected chi connectivity index (χ4v) is 3.49. The van der Waals surface area contributed by atoms with Gasteiger partial charge >= 0.3 is 0 Å². The van der Waals surface area contributed by atoms with Gasteiger partial charge in [-0.15, -0.1) is 11.3 Å². The van der Waals surface area contributed by atoms with Crippen molar-refractivity contribution >= 4 is 17.2 Å². The van der Waals surface area contributed by atoms with E-state index >= 15 is 0 Å². The lowest BCUT2D eigenvalue weighted by atomic mass is 9.99. The van der Waals surface area contributed by atoms with Crippen molar-refractivity contribution in [1.29, 1.82) is 0 Å². The fraction of sp³-hybridized carbons (Fsp3) is 0.250. The number of fused-ring (bicyclic) bond motifs is 1. The number of nitrogens with zero attached hydrogens (tertiary/aromatic N) is 5. The standard InChI is InChI=1S/C16H13F2N5S/c1-9-11-8-20-15(16-19-3-5-24-16)21-12(11)2-4-23(9)14-7-10(17)6-13(18)22-14/h3,5-9H,2,4H2,1H3. The number of aromatic nitrogens is 4. The van der Waals surface area contributed by atoms with E-state index < -0.39 is 11.8 Å². The molecule has 1 aliphatic rings. The molecule has 3 aromatic rings. The van der Waals surface area contributed by atoms with Gasteiger partial charge in [-0.3, -0.25) is 0 Å². The van der Waals surface area contributed by atoms with Gasteiger partial charge in [0, 0.05) is 48.4 Å². The van der Waals surface area contributed by atoms with Crippen molar-refractivity contribution in [3.05, 3.63) is 52.9 Å². The Morgan fingerprint density at radius 1 is 1.21 bits per heavy atom. The zero-order valence-corrected chi connectivity index (χ0v) is 13.6. The maximum atomic E-state index is 13.5. The molecule has 0 aliphatic carbocycles. The Hall–Kier alpha value is -2.48. The molecule has 1 atom stereocenters. The van der Waals surface area contributed by atoms with Crippen LogP contribution >= 0.6 is 11.3 Å². The predicted molar refractivity (Wildman–Crippen MR) is 86.8 cm³/mol. The van der Waals surface area contributed by atoms with Crippen LogP contribution in [0.2, 0.25) is 0 Å². The highest BCUT2D eigenvalue weighted by Gasteiger charge is 2.27. The van der Waals surface area contributed by atoms with E-state index in [1.54, 1.807) is 12.4 Å². The van der Waals surface area contributed by atoms with Gasteiger partial charge in [-0.25, -0.2) is 24.3 Å². The summed E-state index contributed by atoms with van der Waals surface area (Å²) in [6.07, 6.45) is 4.14. The largest absolute Gasteiger partial charge is 0.349 e. The Kier molecular flexibility index (Phi) is 3.68. The Balaban J connectivity index is 1.69. The van der Waals surface area contributed by atoms with Crippen molar-refractivity contribution in [3.8, 4) is 10.8 Å². The molecule has 0 aromatic carbocycles. The second kappa shape index (κ2) is 5.86. The number of pyridine rings is 1. The predicted octanol–water partition coefficient (Wildman–Crippen LogP) is 3.40. The fourth-order valence-electron chi connectivity index (χ4n) is 2.91. The minimum absolute atomic E-state index is 0.118. The second-order valence-electron chi connectivity index (χ2n) is 5.52. The van der Waals surface area contributed by atoms with Gasteiger partial charge < -0.3 is 4.90 Å². The third-order valence-electron chi connectivity index (χ3n) is 4.07. The van der Waals surface area contributed by atoms with Crippen molar-refractivity contribution in [2.75, 3.05) is 11.4 Å². The molecule has 4 heterocycles. The molecule has 1 unspecified atom stereocenters. The molecule has 0 N–H and O–H groups in total. The molecule has 0 saturated carbocycles. The van der Waals surface area contributed by atoms with Gasteiger partial charge in [0.25, 0.3) is 0 Å². The van der Waals surface area contributed by atoms with Gasteiger partial charge in [0.1, 0.15) is 11.6 Å². The van der Waals surface area contributed by atoms with E-state index in [1.807, 2.05) is 17.2 Å². The lowest BCUT2D eigenvalue weighted by Gasteiger charge is -2.35. The van der Waals surface area contributed by atoms with Crippen LogP contribution in [0.4, 0.5) is 14.6 Å². The summed E-state index contributed by atoms with van der Waals surface area (Å²) in [5.41, 5.74) is 1.88. The van der Waals surface area contributed by atoms with Crippen molar-refractivity contribution < 1.29 is 8.78 Å². The van der Waals surface area contributed by atoms with Crippen LogP contribution in [0, 0.1) is 11.8 Å². The normalized spacial score (nSPS) is 17.0. The molecule has 24 heavy (non-hydrogen) atoms. The van der Waals surface area contributed by atoms with Crippen LogP contribution in [0.5, 0.6) is 0 Å². The van der Waals surface area contributed by atoms with Crippen molar-refractivity contribution in [2.45, 2.75) is 19.4 Å². The van der Waals surface area contributed by atoms with Gasteiger partial charge in [-0.1, -0.05) is 0 Å². The Bertz CT molecular complexity index is 864. The molecule has 1 aliphatic heterocycles. The van der Waals surface area contributed by atoms with Crippen LogP contribution in [0.25, 0.3) is 10.8 Å². The first-order valence-electron chi connectivity index (χ1n) is 7.47. The molecular weight excluding hydrogens is 332 g/mol. The quantitative estimate of drug-likeness (QED) is 0.666. The molecule has 8 heteroatoms. The summed E-state index contributed by atoms with van der Waals surface area (Å²) in [5, 5.41) is 2.66. The SMILES string of the molecule is CC1c2cnc(-c3nccs3)nc2CCN1c1cc(F)cc(F)n1. The lowest BCUT2D eigenvalue weighted by molar-refractivity contribution is 0.537. The molecule has 4 rings (SSSR count). The number of halogens is 2. The first kappa shape index (κ1) is 15.1. The number of thiazole rings is 1. The van der Waals surface area contributed by atoms with Crippen molar-refractivity contribution in [1.82, 2.24) is 19.9 Å². The maximum absolute atomic E-state index is 13.5. The minimum Gasteiger partial charge on any atom is -0.349 e. The van der Waals surface area contributed by atoms with Crippen LogP contribution in [0.15, 0.2) is 29.9 Å². The van der Waals surface area contributed by atoms with Gasteiger partial charge in [-0.2, -0.15) is 4.39 Å². The zero-order valence-electron chi connectivity index (χ0n) is 12.8. The summed E-state index contributed by atoms with van der Waals surface area (Å²) >= 11 is 1.49. The van der Waals surface area contributed by atoms with Gasteiger partial charge in [0.05, 0.1) is 11.7 Å². The van der Waals surface area contributed by atoms with Gasteiger partial charge in [0.2, 0.25) is 5.95 Å². The van der Waals surface area contributed by atoms with E-state index in [1.165, 1.54) is 17.4 Å². The first-order chi connectivity index (χ1) is 11.6. The highest BCUT2D eigenvalue weighted by atomic mass is 32.1. The van der Waals surface area contributed by atoms with Crippen LogP contribution in [0.1, 0.15) is 24.2 Å². The molecule has 0 bridgehead atoms. The molecule has 0 amide bonds. The molecule has 0 saturated heterocycles. The van der Waals surface area contributed by atoms with E-state index in [2.05, 4.69) is 19.9 Å². The van der Waals surface area contributed by atoms with E-state index in [9.17, 15) is 8.78 Å². The van der Waals surface area contributed by atoms with Crippen LogP contribution in [0.3, 0.4) is 0 Å². The van der Waals surface area contributed by atoms with E-state index in [4.69, 9.17) is 0 Å². The van der Waals surface area contributed by atoms with Gasteiger partial charge in [0.15, 0.2) is 10.8 Å². The molecule has 0 spiro atoms. The van der Waals surface area contributed by atoms with Crippen molar-refractivity contribution in [3.63, 3.8) is 0 Å². The first-order valence-corrected chi connectivity index (χ1v) is 8.35. The van der Waals surface area contributed by atoms with Crippen molar-refractivity contribution in [2.24, 2.45) is 0 Å². The monoisotopic (exact) mass is 345 g/mol. The highest BCUT2D eigenvalue weighted by Crippen LogP contribution is 2.32. The molecule has 0 fully saturated rings. The average Bonchev–Trinajstić information content (AvgIpc) is 3.08. The van der Waals surface area contributed by atoms with E-state index in [0.717, 1.165) is 22.3 Å². The summed E-state index contributed by atoms with van der Waals surface area (Å²) in [5.74, 6) is -0.557. The molecule has 122 valence electrons. The number of hydrogen-bond donors (Lipinski definition) is 0. The summed E-state index contributed by atoms with van der Waals surface area (Å²) in [7, 11) is 0. The number of hydrogen-bond acceptors (Lipinski definition) is 6. The van der Waals surface area contributed by atoms with E-state index in [-0.39, 0.29) is 11.9 Å². The maximum Gasteiger partial charge on any atom is 0.217 e. The lowest BCUT2D eigenvalue weighted by Crippen LogP contribution is -2.35. The summed E-state index contributed by atoms with van der Waals surface area (Å²) in [4.78, 5) is 18.9. The second-order valence-corrected chi connectivity index (χ2v) is 6.41. The third-order valence-corrected chi connectivity index (χ3v) is 4.84. The molecule has 5 nitrogen and oxygen atoms in total. The summed E-state index contributed by atoms with van der Waals surface area (Å²) < 4.78 is 26.9. The number of rotatable bonds is 2. The minimum atomic E-state index is -0.821. The molecular formula is C16H13F2N5S. The van der Waals surface area contributed by atoms with Crippen LogP contribution in [-0.4, -0.2) is 26.5 Å². The smallest absolute Gasteiger partial charge is 0.217 e. The molecule has 3 aromatic heterocycles. The summed E-state index contributed by atoms with van der Waals surface area (Å²) in [6.45, 7) is 2.54. The number of anilines is 1. The molecule has 0 radical (unpaired) electrons. The van der Waals surface area contributed by atoms with E-state index in [0.29, 0.717) is 18.8 Å². The Morgan fingerprint density at radius 3 is 2.83 bits per heavy atom. The van der Waals surface area contributed by atoms with Gasteiger partial charge in [-0.05, 0) is 6.92 Å². The average molecular weight is 345 g/mol. The topological polar surface area (TPSA) is 54.8 Å². The Morgan fingerprint density at radius 2 is 2.08 bits per heavy atom. The zero-order chi connectivity index (χ0) is 16.7. The third kappa shape index (κ3) is 2.62. The van der Waals surface area contributed by atoms with Crippen LogP contribution < -0.4 is 4.90 Å². The summed E-state index contributed by atoms with van der Waals surface area (Å²) in [6, 6.07) is 1.90. The highest BCUT2D eigenvalue weighted by molar-refractivity contribution is 7.12. The van der Waals surface area contributed by atoms with Crippen LogP contribution in [-0.2, 0) is 6.42 Å². The Labute approximate surface area is 141 Å².